The lowest BCUT2D eigenvalue weighted by atomic mass is 9.78. The standard InChI is InChI=1S/C16H24BN3O5S/c21-16(20-9-4-7-15(20)17(22)23)11-18-13-8-10-19(12-13)26(24,25)14-5-2-1-3-6-14/h1-3,5-6,13,15,18,22-23H,4,7-12H2/t13-,15+/m1/s1. The molecule has 1 aromatic rings. The van der Waals surface area contributed by atoms with E-state index >= 15 is 0 Å². The van der Waals surface area contributed by atoms with Crippen LogP contribution in [-0.2, 0) is 14.8 Å². The fourth-order valence-corrected chi connectivity index (χ4v) is 5.12. The van der Waals surface area contributed by atoms with Gasteiger partial charge in [0.05, 0.1) is 17.4 Å². The van der Waals surface area contributed by atoms with E-state index in [1.54, 1.807) is 30.3 Å². The van der Waals surface area contributed by atoms with E-state index in [-0.39, 0.29) is 23.4 Å². The van der Waals surface area contributed by atoms with Crippen LogP contribution in [0.3, 0.4) is 0 Å². The summed E-state index contributed by atoms with van der Waals surface area (Å²) in [6.45, 7) is 1.30. The first-order valence-electron chi connectivity index (χ1n) is 8.84. The summed E-state index contributed by atoms with van der Waals surface area (Å²) in [4.78, 5) is 14.1. The average molecular weight is 381 g/mol. The minimum Gasteiger partial charge on any atom is -0.426 e. The Bertz CT molecular complexity index is 731. The summed E-state index contributed by atoms with van der Waals surface area (Å²) in [5.41, 5.74) is 0. The van der Waals surface area contributed by atoms with Crippen molar-refractivity contribution in [3.8, 4) is 0 Å². The number of carbonyl (C=O) groups excluding carboxylic acids is 1. The highest BCUT2D eigenvalue weighted by Gasteiger charge is 2.37. The topological polar surface area (TPSA) is 110 Å². The molecule has 2 saturated heterocycles. The van der Waals surface area contributed by atoms with Gasteiger partial charge >= 0.3 is 7.12 Å². The first-order chi connectivity index (χ1) is 12.4. The van der Waals surface area contributed by atoms with Gasteiger partial charge in [0.25, 0.3) is 0 Å². The summed E-state index contributed by atoms with van der Waals surface area (Å²) >= 11 is 0. The van der Waals surface area contributed by atoms with Crippen molar-refractivity contribution in [1.82, 2.24) is 14.5 Å². The first kappa shape index (κ1) is 19.3. The smallest absolute Gasteiger partial charge is 0.426 e. The molecular weight excluding hydrogens is 357 g/mol. The second kappa shape index (κ2) is 8.05. The number of benzene rings is 1. The molecule has 0 spiro atoms. The number of likely N-dealkylation sites (tertiary alicyclic amines) is 1. The minimum absolute atomic E-state index is 0.0626. The molecule has 10 heteroatoms. The fourth-order valence-electron chi connectivity index (χ4n) is 3.60. The molecule has 1 aromatic carbocycles. The molecule has 3 N–H and O–H groups in total. The molecule has 2 fully saturated rings. The molecule has 142 valence electrons. The average Bonchev–Trinajstić information content (AvgIpc) is 3.30. The van der Waals surface area contributed by atoms with E-state index in [4.69, 9.17) is 0 Å². The largest absolute Gasteiger partial charge is 0.475 e. The van der Waals surface area contributed by atoms with Gasteiger partial charge in [-0.25, -0.2) is 8.42 Å². The Hall–Kier alpha value is -1.46. The van der Waals surface area contributed by atoms with Gasteiger partial charge in [-0.05, 0) is 31.4 Å². The van der Waals surface area contributed by atoms with Crippen molar-refractivity contribution in [2.75, 3.05) is 26.2 Å². The zero-order valence-electron chi connectivity index (χ0n) is 14.5. The maximum absolute atomic E-state index is 12.6. The zero-order chi connectivity index (χ0) is 18.7. The third-order valence-electron chi connectivity index (χ3n) is 5.04. The van der Waals surface area contributed by atoms with Crippen LogP contribution in [0.15, 0.2) is 35.2 Å². The zero-order valence-corrected chi connectivity index (χ0v) is 15.3. The molecule has 26 heavy (non-hydrogen) atoms. The molecular formula is C16H24BN3O5S. The van der Waals surface area contributed by atoms with E-state index in [1.165, 1.54) is 9.21 Å². The SMILES string of the molecule is O=C(CN[C@@H]1CCN(S(=O)(=O)c2ccccc2)C1)N1CCC[C@H]1B(O)O. The van der Waals surface area contributed by atoms with Crippen molar-refractivity contribution in [3.63, 3.8) is 0 Å². The molecule has 0 unspecified atom stereocenters. The Balaban J connectivity index is 1.53. The summed E-state index contributed by atoms with van der Waals surface area (Å²) < 4.78 is 26.7. The van der Waals surface area contributed by atoms with E-state index in [0.717, 1.165) is 6.42 Å². The van der Waals surface area contributed by atoms with Crippen LogP contribution in [0.2, 0.25) is 0 Å². The molecule has 3 rings (SSSR count). The maximum atomic E-state index is 12.6. The third-order valence-corrected chi connectivity index (χ3v) is 6.92. The fraction of sp³-hybridized carbons (Fsp3) is 0.562. The Morgan fingerprint density at radius 1 is 1.19 bits per heavy atom. The van der Waals surface area contributed by atoms with E-state index in [0.29, 0.717) is 32.5 Å². The van der Waals surface area contributed by atoms with Crippen molar-refractivity contribution in [2.45, 2.75) is 36.1 Å². The van der Waals surface area contributed by atoms with Crippen LogP contribution in [0.25, 0.3) is 0 Å². The lowest BCUT2D eigenvalue weighted by molar-refractivity contribution is -0.130. The highest BCUT2D eigenvalue weighted by Crippen LogP contribution is 2.21. The molecule has 0 aliphatic carbocycles. The van der Waals surface area contributed by atoms with Crippen LogP contribution >= 0.6 is 0 Å². The minimum atomic E-state index is -3.51. The number of nitrogens with one attached hydrogen (secondary N) is 1. The number of hydrogen-bond donors (Lipinski definition) is 3. The van der Waals surface area contributed by atoms with Crippen LogP contribution in [0.5, 0.6) is 0 Å². The maximum Gasteiger partial charge on any atom is 0.475 e. The monoisotopic (exact) mass is 381 g/mol. The van der Waals surface area contributed by atoms with Gasteiger partial charge in [0, 0.05) is 25.7 Å². The van der Waals surface area contributed by atoms with Crippen molar-refractivity contribution >= 4 is 23.0 Å². The van der Waals surface area contributed by atoms with Crippen LogP contribution < -0.4 is 5.32 Å². The van der Waals surface area contributed by atoms with Gasteiger partial charge in [-0.1, -0.05) is 18.2 Å². The summed E-state index contributed by atoms with van der Waals surface area (Å²) in [6, 6.07) is 8.21. The highest BCUT2D eigenvalue weighted by atomic mass is 32.2. The summed E-state index contributed by atoms with van der Waals surface area (Å²) in [6.07, 6.45) is 1.96. The van der Waals surface area contributed by atoms with Crippen molar-refractivity contribution in [1.29, 1.82) is 0 Å². The molecule has 1 amide bonds. The van der Waals surface area contributed by atoms with Gasteiger partial charge < -0.3 is 20.3 Å². The molecule has 0 radical (unpaired) electrons. The second-order valence-corrected chi connectivity index (χ2v) is 8.69. The van der Waals surface area contributed by atoms with E-state index in [9.17, 15) is 23.3 Å². The van der Waals surface area contributed by atoms with E-state index < -0.39 is 23.1 Å². The number of nitrogens with zero attached hydrogens (tertiary/aromatic N) is 2. The number of hydrogen-bond acceptors (Lipinski definition) is 6. The highest BCUT2D eigenvalue weighted by molar-refractivity contribution is 7.89. The Morgan fingerprint density at radius 2 is 1.92 bits per heavy atom. The predicted molar refractivity (Wildman–Crippen MR) is 96.5 cm³/mol. The van der Waals surface area contributed by atoms with Crippen LogP contribution in [0.1, 0.15) is 19.3 Å². The van der Waals surface area contributed by atoms with Crippen molar-refractivity contribution in [2.24, 2.45) is 0 Å². The number of amides is 1. The second-order valence-electron chi connectivity index (χ2n) is 6.75. The summed E-state index contributed by atoms with van der Waals surface area (Å²) in [5, 5.41) is 21.8. The molecule has 2 atom stereocenters. The summed E-state index contributed by atoms with van der Waals surface area (Å²) in [7, 11) is -5.04. The number of carbonyl (C=O) groups is 1. The van der Waals surface area contributed by atoms with Crippen molar-refractivity contribution < 1.29 is 23.3 Å². The Labute approximate surface area is 154 Å². The normalized spacial score (nSPS) is 24.2. The molecule has 0 saturated carbocycles. The molecule has 0 aromatic heterocycles. The molecule has 0 bridgehead atoms. The summed E-state index contributed by atoms with van der Waals surface area (Å²) in [5.74, 6) is -0.743. The van der Waals surface area contributed by atoms with Crippen LogP contribution in [0, 0.1) is 0 Å². The van der Waals surface area contributed by atoms with Gasteiger partial charge in [0.15, 0.2) is 0 Å². The van der Waals surface area contributed by atoms with Crippen LogP contribution in [-0.4, -0.2) is 78.9 Å². The van der Waals surface area contributed by atoms with Gasteiger partial charge in [0.1, 0.15) is 0 Å². The van der Waals surface area contributed by atoms with E-state index in [1.807, 2.05) is 0 Å². The Morgan fingerprint density at radius 3 is 2.62 bits per heavy atom. The van der Waals surface area contributed by atoms with E-state index in [2.05, 4.69) is 5.32 Å². The lowest BCUT2D eigenvalue weighted by Crippen LogP contribution is -2.49. The lowest BCUT2D eigenvalue weighted by Gasteiger charge is -2.25. The van der Waals surface area contributed by atoms with Gasteiger partial charge in [-0.15, -0.1) is 0 Å². The van der Waals surface area contributed by atoms with Gasteiger partial charge in [-0.2, -0.15) is 4.31 Å². The number of rotatable bonds is 6. The Kier molecular flexibility index (Phi) is 5.98. The van der Waals surface area contributed by atoms with Gasteiger partial charge in [0.2, 0.25) is 15.9 Å². The predicted octanol–water partition coefficient (Wildman–Crippen LogP) is -0.958. The quantitative estimate of drug-likeness (QED) is 0.548. The van der Waals surface area contributed by atoms with Crippen LogP contribution in [0.4, 0.5) is 0 Å². The van der Waals surface area contributed by atoms with Gasteiger partial charge in [-0.3, -0.25) is 4.79 Å². The third kappa shape index (κ3) is 4.10. The molecule has 2 heterocycles. The molecule has 8 nitrogen and oxygen atoms in total. The molecule has 2 aliphatic rings. The first-order valence-corrected chi connectivity index (χ1v) is 10.3. The van der Waals surface area contributed by atoms with Crippen molar-refractivity contribution in [3.05, 3.63) is 30.3 Å². The number of sulfonamides is 1. The molecule has 2 aliphatic heterocycles.